The Hall–Kier alpha value is -1.48. The molecule has 0 fully saturated rings. The quantitative estimate of drug-likeness (QED) is 0.675. The summed E-state index contributed by atoms with van der Waals surface area (Å²) in [5, 5.41) is 6.18. The molecule has 1 aromatic carbocycles. The van der Waals surface area contributed by atoms with Gasteiger partial charge in [0.1, 0.15) is 0 Å². The molecular weight excluding hydrogens is 186 g/mol. The van der Waals surface area contributed by atoms with E-state index in [-0.39, 0.29) is 0 Å². The van der Waals surface area contributed by atoms with Crippen molar-refractivity contribution in [3.05, 3.63) is 47.3 Å². The maximum atomic E-state index is 5.71. The molecule has 0 aliphatic carbocycles. The van der Waals surface area contributed by atoms with Crippen LogP contribution >= 0.6 is 0 Å². The first-order valence-corrected chi connectivity index (χ1v) is 5.10. The summed E-state index contributed by atoms with van der Waals surface area (Å²) in [5.74, 6) is 0. The Kier molecular flexibility index (Phi) is 4.71. The Morgan fingerprint density at radius 2 is 2.27 bits per heavy atom. The van der Waals surface area contributed by atoms with Crippen LogP contribution in [-0.2, 0) is 6.54 Å². The highest BCUT2D eigenvalue weighted by Crippen LogP contribution is 2.02. The van der Waals surface area contributed by atoms with E-state index in [1.807, 2.05) is 13.2 Å². The van der Waals surface area contributed by atoms with Gasteiger partial charge in [0, 0.05) is 25.0 Å². The predicted molar refractivity (Wildman–Crippen MR) is 64.2 cm³/mol. The van der Waals surface area contributed by atoms with Gasteiger partial charge in [0.25, 0.3) is 0 Å². The molecule has 0 bridgehead atoms. The van der Waals surface area contributed by atoms with Crippen molar-refractivity contribution in [3.63, 3.8) is 0 Å². The zero-order valence-corrected chi connectivity index (χ0v) is 9.38. The highest BCUT2D eigenvalue weighted by atomic mass is 14.9. The Morgan fingerprint density at radius 1 is 1.47 bits per heavy atom. The van der Waals surface area contributed by atoms with E-state index in [1.165, 1.54) is 11.1 Å². The van der Waals surface area contributed by atoms with E-state index in [0.29, 0.717) is 6.54 Å². The van der Waals surface area contributed by atoms with Crippen molar-refractivity contribution in [1.82, 2.24) is 10.6 Å². The van der Waals surface area contributed by atoms with Gasteiger partial charge in [-0.15, -0.1) is 0 Å². The summed E-state index contributed by atoms with van der Waals surface area (Å²) in [6, 6.07) is 8.42. The first-order valence-electron chi connectivity index (χ1n) is 5.10. The number of nitrogens with one attached hydrogen (secondary N) is 2. The fourth-order valence-corrected chi connectivity index (χ4v) is 1.38. The molecule has 4 N–H and O–H groups in total. The van der Waals surface area contributed by atoms with E-state index in [2.05, 4.69) is 41.8 Å². The third-order valence-electron chi connectivity index (χ3n) is 2.06. The maximum Gasteiger partial charge on any atom is 0.0396 e. The summed E-state index contributed by atoms with van der Waals surface area (Å²) in [7, 11) is 1.88. The summed E-state index contributed by atoms with van der Waals surface area (Å²) in [6.07, 6.45) is 1.85. The molecular formula is C12H19N3. The molecule has 0 aliphatic rings. The van der Waals surface area contributed by atoms with Crippen LogP contribution in [0, 0.1) is 6.92 Å². The first-order chi connectivity index (χ1) is 7.22. The van der Waals surface area contributed by atoms with Gasteiger partial charge >= 0.3 is 0 Å². The molecule has 3 heteroatoms. The van der Waals surface area contributed by atoms with Crippen LogP contribution in [0.1, 0.15) is 11.1 Å². The van der Waals surface area contributed by atoms with Crippen LogP contribution in [0.2, 0.25) is 0 Å². The lowest BCUT2D eigenvalue weighted by atomic mass is 10.1. The highest BCUT2D eigenvalue weighted by Gasteiger charge is 1.91. The Morgan fingerprint density at radius 3 is 2.93 bits per heavy atom. The lowest BCUT2D eigenvalue weighted by Gasteiger charge is -2.04. The van der Waals surface area contributed by atoms with Crippen LogP contribution in [0.5, 0.6) is 0 Å². The summed E-state index contributed by atoms with van der Waals surface area (Å²) < 4.78 is 0. The molecule has 0 unspecified atom stereocenters. The lowest BCUT2D eigenvalue weighted by Crippen LogP contribution is -2.19. The second-order valence-electron chi connectivity index (χ2n) is 3.62. The zero-order valence-electron chi connectivity index (χ0n) is 9.38. The van der Waals surface area contributed by atoms with E-state index in [4.69, 9.17) is 5.73 Å². The number of hydrogen-bond donors (Lipinski definition) is 3. The standard InChI is InChI=1S/C12H19N3/c1-10-4-3-5-11(6-10)7-15-9-12(13)8-14-2/h3-6,9,14-15H,7-8,13H2,1-2H3/b12-9-. The maximum absolute atomic E-state index is 5.71. The topological polar surface area (TPSA) is 50.1 Å². The number of likely N-dealkylation sites (N-methyl/N-ethyl adjacent to an activating group) is 1. The predicted octanol–water partition coefficient (Wildman–Crippen LogP) is 1.10. The fourth-order valence-electron chi connectivity index (χ4n) is 1.38. The molecule has 0 aromatic heterocycles. The molecule has 0 radical (unpaired) electrons. The van der Waals surface area contributed by atoms with Crippen LogP contribution < -0.4 is 16.4 Å². The fraction of sp³-hybridized carbons (Fsp3) is 0.333. The third-order valence-corrected chi connectivity index (χ3v) is 2.06. The van der Waals surface area contributed by atoms with Crippen LogP contribution in [0.15, 0.2) is 36.2 Å². The Balaban J connectivity index is 2.40. The molecule has 3 nitrogen and oxygen atoms in total. The molecule has 0 saturated heterocycles. The Labute approximate surface area is 91.4 Å². The van der Waals surface area contributed by atoms with E-state index in [1.54, 1.807) is 0 Å². The van der Waals surface area contributed by atoms with Crippen molar-refractivity contribution >= 4 is 0 Å². The minimum Gasteiger partial charge on any atom is -0.400 e. The van der Waals surface area contributed by atoms with Gasteiger partial charge < -0.3 is 16.4 Å². The Bertz CT molecular complexity index is 331. The van der Waals surface area contributed by atoms with Crippen molar-refractivity contribution in [2.75, 3.05) is 13.6 Å². The normalized spacial score (nSPS) is 11.5. The van der Waals surface area contributed by atoms with Gasteiger partial charge in [0.2, 0.25) is 0 Å². The van der Waals surface area contributed by atoms with Gasteiger partial charge in [0.05, 0.1) is 0 Å². The van der Waals surface area contributed by atoms with Crippen LogP contribution in [0.3, 0.4) is 0 Å². The summed E-state index contributed by atoms with van der Waals surface area (Å²) >= 11 is 0. The minimum absolute atomic E-state index is 0.709. The summed E-state index contributed by atoms with van der Waals surface area (Å²) in [4.78, 5) is 0. The van der Waals surface area contributed by atoms with Crippen molar-refractivity contribution in [2.45, 2.75) is 13.5 Å². The monoisotopic (exact) mass is 205 g/mol. The molecule has 0 saturated carbocycles. The first kappa shape index (κ1) is 11.6. The minimum atomic E-state index is 0.709. The van der Waals surface area contributed by atoms with Gasteiger partial charge in [-0.3, -0.25) is 0 Å². The molecule has 15 heavy (non-hydrogen) atoms. The molecule has 0 spiro atoms. The van der Waals surface area contributed by atoms with Gasteiger partial charge in [0.15, 0.2) is 0 Å². The molecule has 1 aromatic rings. The van der Waals surface area contributed by atoms with Crippen molar-refractivity contribution in [1.29, 1.82) is 0 Å². The second kappa shape index (κ2) is 6.09. The highest BCUT2D eigenvalue weighted by molar-refractivity contribution is 5.22. The van der Waals surface area contributed by atoms with Crippen LogP contribution in [0.25, 0.3) is 0 Å². The number of aryl methyl sites for hydroxylation is 1. The number of rotatable bonds is 5. The largest absolute Gasteiger partial charge is 0.400 e. The molecule has 0 amide bonds. The van der Waals surface area contributed by atoms with Gasteiger partial charge in [-0.1, -0.05) is 29.8 Å². The molecule has 82 valence electrons. The van der Waals surface area contributed by atoms with Gasteiger partial charge in [-0.2, -0.15) is 0 Å². The van der Waals surface area contributed by atoms with Crippen molar-refractivity contribution < 1.29 is 0 Å². The number of hydrogen-bond acceptors (Lipinski definition) is 3. The van der Waals surface area contributed by atoms with Crippen LogP contribution in [0.4, 0.5) is 0 Å². The van der Waals surface area contributed by atoms with E-state index in [9.17, 15) is 0 Å². The van der Waals surface area contributed by atoms with Gasteiger partial charge in [-0.25, -0.2) is 0 Å². The zero-order chi connectivity index (χ0) is 11.1. The third kappa shape index (κ3) is 4.51. The number of benzene rings is 1. The van der Waals surface area contributed by atoms with E-state index in [0.717, 1.165) is 12.2 Å². The van der Waals surface area contributed by atoms with E-state index < -0.39 is 0 Å². The lowest BCUT2D eigenvalue weighted by molar-refractivity contribution is 0.818. The average Bonchev–Trinajstić information content (AvgIpc) is 2.18. The SMILES string of the molecule is CNC/C(N)=C/NCc1cccc(C)c1. The number of nitrogens with two attached hydrogens (primary N) is 1. The molecule has 1 rings (SSSR count). The average molecular weight is 205 g/mol. The van der Waals surface area contributed by atoms with Crippen LogP contribution in [-0.4, -0.2) is 13.6 Å². The van der Waals surface area contributed by atoms with Crippen molar-refractivity contribution in [2.24, 2.45) is 5.73 Å². The summed E-state index contributed by atoms with van der Waals surface area (Å²) in [5.41, 5.74) is 9.07. The van der Waals surface area contributed by atoms with E-state index >= 15 is 0 Å². The molecule has 0 aliphatic heterocycles. The summed E-state index contributed by atoms with van der Waals surface area (Å²) in [6.45, 7) is 3.61. The smallest absolute Gasteiger partial charge is 0.0396 e. The van der Waals surface area contributed by atoms with Gasteiger partial charge in [-0.05, 0) is 19.5 Å². The van der Waals surface area contributed by atoms with Crippen molar-refractivity contribution in [3.8, 4) is 0 Å². The second-order valence-corrected chi connectivity index (χ2v) is 3.62. The molecule has 0 atom stereocenters. The molecule has 0 heterocycles.